The molecule has 1 N–H and O–H groups in total. The zero-order valence-electron chi connectivity index (χ0n) is 12.6. The lowest BCUT2D eigenvalue weighted by Crippen LogP contribution is -2.47. The highest BCUT2D eigenvalue weighted by atomic mass is 16.2. The van der Waals surface area contributed by atoms with E-state index in [0.29, 0.717) is 5.69 Å². The molecule has 0 radical (unpaired) electrons. The molecule has 1 aromatic rings. The normalized spacial score (nSPS) is 19.6. The summed E-state index contributed by atoms with van der Waals surface area (Å²) in [6, 6.07) is 3.99. The maximum atomic E-state index is 12.4. The number of aromatic nitrogens is 1. The van der Waals surface area contributed by atoms with Gasteiger partial charge in [-0.3, -0.25) is 4.79 Å². The van der Waals surface area contributed by atoms with Gasteiger partial charge < -0.3 is 15.1 Å². The Bertz CT molecular complexity index is 446. The molecule has 0 spiro atoms. The highest BCUT2D eigenvalue weighted by molar-refractivity contribution is 5.92. The summed E-state index contributed by atoms with van der Waals surface area (Å²) in [5.74, 6) is 0.00773. The van der Waals surface area contributed by atoms with Gasteiger partial charge in [0.15, 0.2) is 0 Å². The molecule has 1 aliphatic rings. The lowest BCUT2D eigenvalue weighted by Gasteiger charge is -2.35. The smallest absolute Gasteiger partial charge is 0.272 e. The van der Waals surface area contributed by atoms with E-state index in [9.17, 15) is 4.79 Å². The Morgan fingerprint density at radius 3 is 2.95 bits per heavy atom. The van der Waals surface area contributed by atoms with Crippen LogP contribution in [-0.4, -0.2) is 60.5 Å². The summed E-state index contributed by atoms with van der Waals surface area (Å²) in [7, 11) is 3.99. The number of nitrogens with zero attached hydrogens (tertiary/aromatic N) is 3. The number of carbonyl (C=O) groups is 1. The highest BCUT2D eigenvalue weighted by Gasteiger charge is 2.25. The van der Waals surface area contributed by atoms with Crippen molar-refractivity contribution in [2.45, 2.75) is 25.8 Å². The second kappa shape index (κ2) is 6.70. The summed E-state index contributed by atoms with van der Waals surface area (Å²) < 4.78 is 0. The molecule has 5 heteroatoms. The number of rotatable bonds is 4. The molecule has 110 valence electrons. The van der Waals surface area contributed by atoms with Crippen LogP contribution in [0.5, 0.6) is 0 Å². The van der Waals surface area contributed by atoms with E-state index in [-0.39, 0.29) is 11.9 Å². The van der Waals surface area contributed by atoms with E-state index in [2.05, 4.69) is 22.2 Å². The third kappa shape index (κ3) is 3.48. The molecular formula is C15H24N4O. The molecule has 1 unspecified atom stereocenters. The molecule has 2 heterocycles. The molecule has 1 fully saturated rings. The summed E-state index contributed by atoms with van der Waals surface area (Å²) in [6.45, 7) is 4.95. The first-order valence-electron chi connectivity index (χ1n) is 7.27. The highest BCUT2D eigenvalue weighted by Crippen LogP contribution is 2.16. The second-order valence-corrected chi connectivity index (χ2v) is 5.44. The topological polar surface area (TPSA) is 48.5 Å². The number of piperidine rings is 1. The molecule has 5 nitrogen and oxygen atoms in total. The summed E-state index contributed by atoms with van der Waals surface area (Å²) in [4.78, 5) is 20.8. The van der Waals surface area contributed by atoms with E-state index in [0.717, 1.165) is 38.2 Å². The molecule has 0 aromatic carbocycles. The van der Waals surface area contributed by atoms with Crippen molar-refractivity contribution < 1.29 is 4.79 Å². The van der Waals surface area contributed by atoms with Gasteiger partial charge in [-0.05, 0) is 45.5 Å². The molecule has 1 atom stereocenters. The van der Waals surface area contributed by atoms with Gasteiger partial charge >= 0.3 is 0 Å². The van der Waals surface area contributed by atoms with Gasteiger partial charge in [0.2, 0.25) is 0 Å². The minimum absolute atomic E-state index is 0.00773. The van der Waals surface area contributed by atoms with Crippen molar-refractivity contribution in [3.63, 3.8) is 0 Å². The van der Waals surface area contributed by atoms with Gasteiger partial charge in [-0.2, -0.15) is 0 Å². The quantitative estimate of drug-likeness (QED) is 0.909. The van der Waals surface area contributed by atoms with Crippen LogP contribution in [0.1, 0.15) is 30.3 Å². The van der Waals surface area contributed by atoms with E-state index < -0.39 is 0 Å². The SMILES string of the molecule is CCNc1ccc(C(=O)N(C)C2CCCN(C)C2)nc1. The second-order valence-electron chi connectivity index (χ2n) is 5.44. The van der Waals surface area contributed by atoms with Crippen LogP contribution in [0.15, 0.2) is 18.3 Å². The Kier molecular flexibility index (Phi) is 4.95. The van der Waals surface area contributed by atoms with Crippen LogP contribution >= 0.6 is 0 Å². The Morgan fingerprint density at radius 2 is 2.35 bits per heavy atom. The fourth-order valence-electron chi connectivity index (χ4n) is 2.63. The van der Waals surface area contributed by atoms with Crippen molar-refractivity contribution in [3.8, 4) is 0 Å². The third-order valence-electron chi connectivity index (χ3n) is 3.83. The van der Waals surface area contributed by atoms with E-state index in [1.165, 1.54) is 0 Å². The van der Waals surface area contributed by atoms with Crippen molar-refractivity contribution >= 4 is 11.6 Å². The molecule has 0 aliphatic carbocycles. The monoisotopic (exact) mass is 276 g/mol. The van der Waals surface area contributed by atoms with Gasteiger partial charge in [0.25, 0.3) is 5.91 Å². The number of anilines is 1. The van der Waals surface area contributed by atoms with E-state index in [4.69, 9.17) is 0 Å². The first kappa shape index (κ1) is 14.8. The summed E-state index contributed by atoms with van der Waals surface area (Å²) in [5.41, 5.74) is 1.46. The summed E-state index contributed by atoms with van der Waals surface area (Å²) in [5, 5.41) is 3.18. The molecule has 2 rings (SSSR count). The number of nitrogens with one attached hydrogen (secondary N) is 1. The van der Waals surface area contributed by atoms with Crippen molar-refractivity contribution in [2.24, 2.45) is 0 Å². The van der Waals surface area contributed by atoms with E-state index in [1.54, 1.807) is 12.3 Å². The van der Waals surface area contributed by atoms with Crippen molar-refractivity contribution in [1.29, 1.82) is 0 Å². The summed E-state index contributed by atoms with van der Waals surface area (Å²) in [6.07, 6.45) is 3.94. The van der Waals surface area contributed by atoms with Crippen LogP contribution in [0.25, 0.3) is 0 Å². The fraction of sp³-hybridized carbons (Fsp3) is 0.600. The number of pyridine rings is 1. The van der Waals surface area contributed by atoms with Crippen LogP contribution in [-0.2, 0) is 0 Å². The first-order valence-corrected chi connectivity index (χ1v) is 7.27. The average molecular weight is 276 g/mol. The molecule has 0 saturated carbocycles. The Hall–Kier alpha value is -1.62. The zero-order chi connectivity index (χ0) is 14.5. The number of amides is 1. The van der Waals surface area contributed by atoms with Gasteiger partial charge in [0, 0.05) is 26.2 Å². The minimum atomic E-state index is 0.00773. The molecule has 20 heavy (non-hydrogen) atoms. The van der Waals surface area contributed by atoms with Gasteiger partial charge in [-0.1, -0.05) is 0 Å². The fourth-order valence-corrected chi connectivity index (χ4v) is 2.63. The maximum Gasteiger partial charge on any atom is 0.272 e. The predicted molar refractivity (Wildman–Crippen MR) is 81.0 cm³/mol. The van der Waals surface area contributed by atoms with Crippen LogP contribution in [0.2, 0.25) is 0 Å². The number of likely N-dealkylation sites (N-methyl/N-ethyl adjacent to an activating group) is 2. The number of likely N-dealkylation sites (tertiary alicyclic amines) is 1. The van der Waals surface area contributed by atoms with Gasteiger partial charge in [-0.25, -0.2) is 4.98 Å². The number of hydrogen-bond acceptors (Lipinski definition) is 4. The van der Waals surface area contributed by atoms with Crippen LogP contribution in [0, 0.1) is 0 Å². The van der Waals surface area contributed by atoms with Crippen LogP contribution in [0.4, 0.5) is 5.69 Å². The standard InChI is InChI=1S/C15H24N4O/c1-4-16-12-7-8-14(17-10-12)15(20)19(3)13-6-5-9-18(2)11-13/h7-8,10,13,16H,4-6,9,11H2,1-3H3. The predicted octanol–water partition coefficient (Wildman–Crippen LogP) is 1.68. The molecular weight excluding hydrogens is 252 g/mol. The van der Waals surface area contributed by atoms with Crippen LogP contribution in [0.3, 0.4) is 0 Å². The molecule has 1 aliphatic heterocycles. The minimum Gasteiger partial charge on any atom is -0.384 e. The largest absolute Gasteiger partial charge is 0.384 e. The lowest BCUT2D eigenvalue weighted by atomic mass is 10.0. The number of hydrogen-bond donors (Lipinski definition) is 1. The molecule has 1 aromatic heterocycles. The summed E-state index contributed by atoms with van der Waals surface area (Å²) >= 11 is 0. The van der Waals surface area contributed by atoms with Crippen molar-refractivity contribution in [3.05, 3.63) is 24.0 Å². The van der Waals surface area contributed by atoms with Crippen LogP contribution < -0.4 is 5.32 Å². The third-order valence-corrected chi connectivity index (χ3v) is 3.83. The Labute approximate surface area is 121 Å². The van der Waals surface area contributed by atoms with Gasteiger partial charge in [0.1, 0.15) is 5.69 Å². The van der Waals surface area contributed by atoms with E-state index >= 15 is 0 Å². The molecule has 0 bridgehead atoms. The van der Waals surface area contributed by atoms with Gasteiger partial charge in [0.05, 0.1) is 11.9 Å². The zero-order valence-corrected chi connectivity index (χ0v) is 12.6. The Morgan fingerprint density at radius 1 is 1.55 bits per heavy atom. The van der Waals surface area contributed by atoms with Crippen molar-refractivity contribution in [2.75, 3.05) is 39.0 Å². The lowest BCUT2D eigenvalue weighted by molar-refractivity contribution is 0.0638. The van der Waals surface area contributed by atoms with Crippen molar-refractivity contribution in [1.82, 2.24) is 14.8 Å². The van der Waals surface area contributed by atoms with E-state index in [1.807, 2.05) is 24.9 Å². The first-order chi connectivity index (χ1) is 9.61. The molecule has 1 amide bonds. The average Bonchev–Trinajstić information content (AvgIpc) is 2.47. The number of carbonyl (C=O) groups excluding carboxylic acids is 1. The maximum absolute atomic E-state index is 12.4. The molecule has 1 saturated heterocycles. The van der Waals surface area contributed by atoms with Gasteiger partial charge in [-0.15, -0.1) is 0 Å². The Balaban J connectivity index is 2.02.